The van der Waals surface area contributed by atoms with Gasteiger partial charge in [0.1, 0.15) is 4.90 Å². The molecule has 1 heterocycles. The topological polar surface area (TPSA) is 76.5 Å². The van der Waals surface area contributed by atoms with E-state index in [4.69, 9.17) is 10.7 Å². The normalized spacial score (nSPS) is 12.5. The van der Waals surface area contributed by atoms with Gasteiger partial charge in [-0.2, -0.15) is 0 Å². The van der Waals surface area contributed by atoms with Gasteiger partial charge in [-0.25, -0.2) is 13.4 Å². The van der Waals surface area contributed by atoms with Crippen LogP contribution in [0.15, 0.2) is 15.6 Å². The molecular weight excluding hydrogens is 354 g/mol. The van der Waals surface area contributed by atoms with Crippen LogP contribution in [-0.4, -0.2) is 24.9 Å². The number of ether oxygens (including phenoxy) is 1. The molecule has 11 heteroatoms. The van der Waals surface area contributed by atoms with Crippen LogP contribution in [-0.2, 0) is 9.05 Å². The number of aromatic hydroxyl groups is 1. The number of nitrogens with zero attached hydrogens (tertiary/aromatic N) is 1. The molecule has 0 amide bonds. The molecule has 0 saturated carbocycles. The lowest BCUT2D eigenvalue weighted by atomic mass is 10.4. The summed E-state index contributed by atoms with van der Waals surface area (Å²) in [5, 5.41) is 9.25. The van der Waals surface area contributed by atoms with Crippen molar-refractivity contribution in [2.24, 2.45) is 0 Å². The van der Waals surface area contributed by atoms with Crippen LogP contribution in [0.25, 0.3) is 0 Å². The zero-order valence-electron chi connectivity index (χ0n) is 7.49. The van der Waals surface area contributed by atoms with Crippen molar-refractivity contribution >= 4 is 35.7 Å². The quantitative estimate of drug-likeness (QED) is 0.823. The highest BCUT2D eigenvalue weighted by Crippen LogP contribution is 2.39. The smallest absolute Gasteiger partial charge is 0.502 e. The van der Waals surface area contributed by atoms with Crippen LogP contribution in [0, 0.1) is 0 Å². The Morgan fingerprint density at radius 1 is 1.47 bits per heavy atom. The second-order valence-electron chi connectivity index (χ2n) is 2.58. The molecule has 0 aliphatic carbocycles. The molecule has 0 atom stereocenters. The van der Waals surface area contributed by atoms with E-state index in [1.54, 1.807) is 0 Å². The summed E-state index contributed by atoms with van der Waals surface area (Å²) in [6.07, 6.45) is -4.54. The van der Waals surface area contributed by atoms with Gasteiger partial charge in [-0.05, 0) is 15.9 Å². The Bertz CT molecular complexity index is 547. The lowest BCUT2D eigenvalue weighted by Crippen LogP contribution is -2.18. The molecule has 0 fully saturated rings. The first-order chi connectivity index (χ1) is 7.52. The monoisotopic (exact) mass is 355 g/mol. The van der Waals surface area contributed by atoms with E-state index in [0.717, 1.165) is 0 Å². The van der Waals surface area contributed by atoms with Gasteiger partial charge < -0.3 is 9.84 Å². The summed E-state index contributed by atoms with van der Waals surface area (Å²) in [5.74, 6) is -2.31. The largest absolute Gasteiger partial charge is 0.574 e. The van der Waals surface area contributed by atoms with Crippen molar-refractivity contribution in [2.45, 2.75) is 11.3 Å². The van der Waals surface area contributed by atoms with Gasteiger partial charge in [0.15, 0.2) is 5.75 Å². The van der Waals surface area contributed by atoms with Crippen LogP contribution in [0.5, 0.6) is 11.6 Å². The molecule has 0 bridgehead atoms. The lowest BCUT2D eigenvalue weighted by molar-refractivity contribution is -0.276. The second-order valence-corrected chi connectivity index (χ2v) is 5.90. The first kappa shape index (κ1) is 14.3. The summed E-state index contributed by atoms with van der Waals surface area (Å²) in [5.41, 5.74) is 0. The number of halogens is 5. The molecule has 0 spiro atoms. The molecule has 5 nitrogen and oxygen atoms in total. The van der Waals surface area contributed by atoms with E-state index in [0.29, 0.717) is 6.20 Å². The van der Waals surface area contributed by atoms with Gasteiger partial charge >= 0.3 is 6.36 Å². The van der Waals surface area contributed by atoms with Gasteiger partial charge in [0.25, 0.3) is 14.9 Å². The maximum Gasteiger partial charge on any atom is 0.574 e. The van der Waals surface area contributed by atoms with Gasteiger partial charge in [-0.1, -0.05) is 0 Å². The van der Waals surface area contributed by atoms with Crippen molar-refractivity contribution in [1.29, 1.82) is 0 Å². The van der Waals surface area contributed by atoms with Gasteiger partial charge in [-0.15, -0.1) is 13.2 Å². The first-order valence-electron chi connectivity index (χ1n) is 3.60. The van der Waals surface area contributed by atoms with E-state index >= 15 is 0 Å². The molecule has 96 valence electrons. The molecule has 1 aromatic rings. The second kappa shape index (κ2) is 4.50. The van der Waals surface area contributed by atoms with Crippen LogP contribution in [0.2, 0.25) is 0 Å². The zero-order chi connectivity index (χ0) is 13.4. The molecule has 0 aliphatic heterocycles. The van der Waals surface area contributed by atoms with Gasteiger partial charge in [0.2, 0.25) is 0 Å². The number of alkyl halides is 3. The Morgan fingerprint density at radius 3 is 2.41 bits per heavy atom. The summed E-state index contributed by atoms with van der Waals surface area (Å²) in [4.78, 5) is 2.33. The molecule has 1 rings (SSSR count). The maximum absolute atomic E-state index is 11.9. The van der Waals surface area contributed by atoms with Gasteiger partial charge in [0.05, 0.1) is 10.7 Å². The molecule has 1 aromatic heterocycles. The third-order valence-corrected chi connectivity index (χ3v) is 3.80. The third kappa shape index (κ3) is 3.61. The van der Waals surface area contributed by atoms with Crippen LogP contribution in [0.1, 0.15) is 0 Å². The average Bonchev–Trinajstić information content (AvgIpc) is 2.08. The summed E-state index contributed by atoms with van der Waals surface area (Å²) in [7, 11) is 0.699. The number of pyridine rings is 1. The van der Waals surface area contributed by atoms with Crippen molar-refractivity contribution in [3.63, 3.8) is 0 Å². The van der Waals surface area contributed by atoms with Crippen molar-refractivity contribution in [3.05, 3.63) is 10.7 Å². The zero-order valence-corrected chi connectivity index (χ0v) is 10.7. The average molecular weight is 357 g/mol. The molecular formula is C6H2BrClF3NO4S. The third-order valence-electron chi connectivity index (χ3n) is 1.40. The molecule has 1 N–H and O–H groups in total. The highest BCUT2D eigenvalue weighted by Gasteiger charge is 2.34. The number of hydrogen-bond donors (Lipinski definition) is 1. The minimum absolute atomic E-state index is 0.521. The fraction of sp³-hybridized carbons (Fsp3) is 0.167. The maximum atomic E-state index is 11.9. The number of hydrogen-bond acceptors (Lipinski definition) is 5. The minimum atomic E-state index is -5.06. The number of aromatic nitrogens is 1. The molecule has 0 radical (unpaired) electrons. The van der Waals surface area contributed by atoms with Gasteiger partial charge in [0, 0.05) is 10.7 Å². The highest BCUT2D eigenvalue weighted by atomic mass is 79.9. The Labute approximate surface area is 106 Å². The van der Waals surface area contributed by atoms with E-state index in [1.165, 1.54) is 0 Å². The predicted octanol–water partition coefficient (Wildman–Crippen LogP) is 2.38. The summed E-state index contributed by atoms with van der Waals surface area (Å²) in [6, 6.07) is 0. The Kier molecular flexibility index (Phi) is 3.79. The fourth-order valence-corrected chi connectivity index (χ4v) is 2.83. The van der Waals surface area contributed by atoms with Crippen molar-refractivity contribution in [1.82, 2.24) is 4.98 Å². The van der Waals surface area contributed by atoms with Crippen molar-refractivity contribution in [2.75, 3.05) is 0 Å². The van der Waals surface area contributed by atoms with E-state index in [-0.39, 0.29) is 0 Å². The van der Waals surface area contributed by atoms with E-state index in [1.807, 2.05) is 0 Å². The summed E-state index contributed by atoms with van der Waals surface area (Å²) < 4.78 is 60.2. The molecule has 0 aromatic carbocycles. The van der Waals surface area contributed by atoms with Crippen molar-refractivity contribution in [3.8, 4) is 11.6 Å². The van der Waals surface area contributed by atoms with E-state index in [9.17, 15) is 26.7 Å². The Hall–Kier alpha value is -0.740. The van der Waals surface area contributed by atoms with E-state index < -0.39 is 36.4 Å². The molecule has 17 heavy (non-hydrogen) atoms. The van der Waals surface area contributed by atoms with E-state index in [2.05, 4.69) is 25.7 Å². The predicted molar refractivity (Wildman–Crippen MR) is 53.3 cm³/mol. The van der Waals surface area contributed by atoms with Crippen molar-refractivity contribution < 1.29 is 31.4 Å². The van der Waals surface area contributed by atoms with Crippen LogP contribution in [0.4, 0.5) is 13.2 Å². The first-order valence-corrected chi connectivity index (χ1v) is 6.70. The Balaban J connectivity index is 3.30. The van der Waals surface area contributed by atoms with Gasteiger partial charge in [-0.3, -0.25) is 0 Å². The highest BCUT2D eigenvalue weighted by molar-refractivity contribution is 9.10. The molecule has 0 unspecified atom stereocenters. The summed E-state index contributed by atoms with van der Waals surface area (Å²) in [6.45, 7) is 0. The van der Waals surface area contributed by atoms with Crippen LogP contribution in [0.3, 0.4) is 0 Å². The standard InChI is InChI=1S/C6H2BrClF3NO4S/c7-3-2(17(8,14)15)1-12-5(4(3)13)16-6(9,10)11/h1,13H. The fourth-order valence-electron chi connectivity index (χ4n) is 0.800. The Morgan fingerprint density at radius 2 is 2.00 bits per heavy atom. The molecule has 0 aliphatic rings. The summed E-state index contributed by atoms with van der Waals surface area (Å²) >= 11 is 2.57. The molecule has 0 saturated heterocycles. The lowest BCUT2D eigenvalue weighted by Gasteiger charge is -2.10. The SMILES string of the molecule is O=S(=O)(Cl)c1cnc(OC(F)(F)F)c(O)c1Br. The van der Waals surface area contributed by atoms with Crippen LogP contribution < -0.4 is 4.74 Å². The number of rotatable bonds is 2. The van der Waals surface area contributed by atoms with Crippen LogP contribution >= 0.6 is 26.6 Å². The minimum Gasteiger partial charge on any atom is -0.502 e.